The maximum absolute atomic E-state index is 13.2. The normalized spacial score (nSPS) is 17.4. The maximum Gasteiger partial charge on any atom is 0.165 e. The number of phenols is 1. The molecule has 0 saturated heterocycles. The summed E-state index contributed by atoms with van der Waals surface area (Å²) < 4.78 is 13.2. The smallest absolute Gasteiger partial charge is 0.165 e. The zero-order valence-electron chi connectivity index (χ0n) is 10.6. The second-order valence-corrected chi connectivity index (χ2v) is 4.92. The van der Waals surface area contributed by atoms with Gasteiger partial charge in [0.1, 0.15) is 0 Å². The Hall–Kier alpha value is -1.87. The van der Waals surface area contributed by atoms with Crippen LogP contribution in [-0.2, 0) is 13.0 Å². The van der Waals surface area contributed by atoms with Crippen LogP contribution in [0.25, 0.3) is 0 Å². The number of aromatic hydroxyl groups is 1. The average Bonchev–Trinajstić information content (AvgIpc) is 2.84. The van der Waals surface area contributed by atoms with Crippen molar-refractivity contribution in [2.45, 2.75) is 25.4 Å². The molecule has 2 aromatic carbocycles. The Morgan fingerprint density at radius 1 is 1.16 bits per heavy atom. The van der Waals surface area contributed by atoms with Crippen LogP contribution >= 0.6 is 0 Å². The van der Waals surface area contributed by atoms with Crippen molar-refractivity contribution in [2.24, 2.45) is 0 Å². The van der Waals surface area contributed by atoms with E-state index in [1.54, 1.807) is 12.1 Å². The lowest BCUT2D eigenvalue weighted by Crippen LogP contribution is -2.18. The molecule has 1 atom stereocenters. The number of nitrogens with one attached hydrogen (secondary N) is 1. The Labute approximate surface area is 111 Å². The molecule has 3 heteroatoms. The lowest BCUT2D eigenvalue weighted by Gasteiger charge is -2.14. The summed E-state index contributed by atoms with van der Waals surface area (Å²) in [5.41, 5.74) is 3.30. The number of para-hydroxylation sites is 1. The molecule has 1 aliphatic rings. The molecule has 1 aliphatic carbocycles. The van der Waals surface area contributed by atoms with Crippen molar-refractivity contribution in [2.75, 3.05) is 0 Å². The summed E-state index contributed by atoms with van der Waals surface area (Å²) in [6.07, 6.45) is 2.12. The summed E-state index contributed by atoms with van der Waals surface area (Å²) in [5, 5.41) is 13.0. The standard InChI is InChI=1S/C16H16FNO/c17-14-7-3-5-12(16(14)19)10-18-15-9-8-11-4-1-2-6-13(11)15/h1-7,15,18-19H,8-10H2. The first-order valence-corrected chi connectivity index (χ1v) is 6.53. The van der Waals surface area contributed by atoms with Crippen LogP contribution in [0.1, 0.15) is 29.2 Å². The van der Waals surface area contributed by atoms with Crippen LogP contribution in [0.2, 0.25) is 0 Å². The van der Waals surface area contributed by atoms with E-state index in [1.165, 1.54) is 17.2 Å². The Morgan fingerprint density at radius 3 is 2.89 bits per heavy atom. The molecule has 2 aromatic rings. The molecule has 0 aromatic heterocycles. The van der Waals surface area contributed by atoms with Crippen molar-refractivity contribution < 1.29 is 9.50 Å². The number of phenolic OH excluding ortho intramolecular Hbond substituents is 1. The molecular weight excluding hydrogens is 241 g/mol. The number of aryl methyl sites for hydroxylation is 1. The van der Waals surface area contributed by atoms with Crippen molar-refractivity contribution in [3.63, 3.8) is 0 Å². The third-order valence-corrected chi connectivity index (χ3v) is 3.74. The number of benzene rings is 2. The first kappa shape index (κ1) is 12.2. The number of fused-ring (bicyclic) bond motifs is 1. The Balaban J connectivity index is 1.73. The zero-order valence-corrected chi connectivity index (χ0v) is 10.6. The highest BCUT2D eigenvalue weighted by molar-refractivity contribution is 5.36. The van der Waals surface area contributed by atoms with Crippen LogP contribution in [0, 0.1) is 5.82 Å². The molecule has 0 heterocycles. The van der Waals surface area contributed by atoms with Gasteiger partial charge in [0.05, 0.1) is 0 Å². The number of hydrogen-bond acceptors (Lipinski definition) is 2. The van der Waals surface area contributed by atoms with Crippen LogP contribution in [0.3, 0.4) is 0 Å². The fourth-order valence-electron chi connectivity index (χ4n) is 2.70. The molecule has 0 saturated carbocycles. The first-order valence-electron chi connectivity index (χ1n) is 6.53. The molecule has 0 amide bonds. The molecule has 0 aliphatic heterocycles. The first-order chi connectivity index (χ1) is 9.25. The third kappa shape index (κ3) is 2.34. The van der Waals surface area contributed by atoms with Crippen LogP contribution in [0.4, 0.5) is 4.39 Å². The van der Waals surface area contributed by atoms with E-state index < -0.39 is 5.82 Å². The zero-order chi connectivity index (χ0) is 13.2. The molecular formula is C16H16FNO. The van der Waals surface area contributed by atoms with Crippen molar-refractivity contribution >= 4 is 0 Å². The van der Waals surface area contributed by atoms with Gasteiger partial charge in [-0.3, -0.25) is 0 Å². The van der Waals surface area contributed by atoms with Gasteiger partial charge < -0.3 is 10.4 Å². The summed E-state index contributed by atoms with van der Waals surface area (Å²) in [6.45, 7) is 0.475. The summed E-state index contributed by atoms with van der Waals surface area (Å²) >= 11 is 0. The molecule has 0 spiro atoms. The average molecular weight is 257 g/mol. The largest absolute Gasteiger partial charge is 0.505 e. The number of hydrogen-bond donors (Lipinski definition) is 2. The highest BCUT2D eigenvalue weighted by atomic mass is 19.1. The topological polar surface area (TPSA) is 32.3 Å². The minimum Gasteiger partial charge on any atom is -0.505 e. The molecule has 0 bridgehead atoms. The summed E-state index contributed by atoms with van der Waals surface area (Å²) in [5.74, 6) is -0.813. The predicted molar refractivity (Wildman–Crippen MR) is 72.4 cm³/mol. The Morgan fingerprint density at radius 2 is 2.00 bits per heavy atom. The SMILES string of the molecule is Oc1c(F)cccc1CNC1CCc2ccccc21. The highest BCUT2D eigenvalue weighted by Crippen LogP contribution is 2.31. The van der Waals surface area contributed by atoms with Gasteiger partial charge in [0, 0.05) is 18.2 Å². The molecule has 2 N–H and O–H groups in total. The van der Waals surface area contributed by atoms with E-state index in [0.29, 0.717) is 18.2 Å². The molecule has 0 fully saturated rings. The van der Waals surface area contributed by atoms with E-state index in [2.05, 4.69) is 23.5 Å². The lowest BCUT2D eigenvalue weighted by atomic mass is 10.1. The lowest BCUT2D eigenvalue weighted by molar-refractivity contribution is 0.419. The van der Waals surface area contributed by atoms with Crippen molar-refractivity contribution in [3.8, 4) is 5.75 Å². The quantitative estimate of drug-likeness (QED) is 0.884. The van der Waals surface area contributed by atoms with Crippen LogP contribution in [-0.4, -0.2) is 5.11 Å². The van der Waals surface area contributed by atoms with Crippen molar-refractivity contribution in [3.05, 3.63) is 65.0 Å². The molecule has 2 nitrogen and oxygen atoms in total. The van der Waals surface area contributed by atoms with E-state index in [1.807, 2.05) is 6.07 Å². The van der Waals surface area contributed by atoms with Crippen molar-refractivity contribution in [1.82, 2.24) is 5.32 Å². The molecule has 3 rings (SSSR count). The van der Waals surface area contributed by atoms with E-state index in [9.17, 15) is 9.50 Å². The second-order valence-electron chi connectivity index (χ2n) is 4.92. The van der Waals surface area contributed by atoms with Crippen LogP contribution < -0.4 is 5.32 Å². The van der Waals surface area contributed by atoms with E-state index in [4.69, 9.17) is 0 Å². The number of halogens is 1. The van der Waals surface area contributed by atoms with E-state index in [0.717, 1.165) is 12.8 Å². The number of rotatable bonds is 3. The van der Waals surface area contributed by atoms with Gasteiger partial charge >= 0.3 is 0 Å². The third-order valence-electron chi connectivity index (χ3n) is 3.74. The van der Waals surface area contributed by atoms with Gasteiger partial charge in [-0.1, -0.05) is 36.4 Å². The minimum atomic E-state index is -0.564. The maximum atomic E-state index is 13.2. The highest BCUT2D eigenvalue weighted by Gasteiger charge is 2.21. The molecule has 98 valence electrons. The Bertz CT molecular complexity index is 597. The summed E-state index contributed by atoms with van der Waals surface area (Å²) in [7, 11) is 0. The predicted octanol–water partition coefficient (Wildman–Crippen LogP) is 3.31. The van der Waals surface area contributed by atoms with Gasteiger partial charge in [-0.05, 0) is 30.0 Å². The van der Waals surface area contributed by atoms with Crippen molar-refractivity contribution in [1.29, 1.82) is 0 Å². The van der Waals surface area contributed by atoms with Crippen LogP contribution in [0.15, 0.2) is 42.5 Å². The van der Waals surface area contributed by atoms with Gasteiger partial charge in [0.25, 0.3) is 0 Å². The van der Waals surface area contributed by atoms with Gasteiger partial charge in [-0.15, -0.1) is 0 Å². The van der Waals surface area contributed by atoms with Gasteiger partial charge in [0.2, 0.25) is 0 Å². The second kappa shape index (κ2) is 5.02. The molecule has 1 unspecified atom stereocenters. The van der Waals surface area contributed by atoms with E-state index >= 15 is 0 Å². The summed E-state index contributed by atoms with van der Waals surface area (Å²) in [6, 6.07) is 13.3. The minimum absolute atomic E-state index is 0.249. The molecule has 19 heavy (non-hydrogen) atoms. The fraction of sp³-hybridized carbons (Fsp3) is 0.250. The van der Waals surface area contributed by atoms with Gasteiger partial charge in [0.15, 0.2) is 11.6 Å². The van der Waals surface area contributed by atoms with Crippen LogP contribution in [0.5, 0.6) is 5.75 Å². The van der Waals surface area contributed by atoms with Gasteiger partial charge in [-0.25, -0.2) is 4.39 Å². The van der Waals surface area contributed by atoms with E-state index in [-0.39, 0.29) is 5.75 Å². The summed E-state index contributed by atoms with van der Waals surface area (Å²) in [4.78, 5) is 0. The fourth-order valence-corrected chi connectivity index (χ4v) is 2.70. The Kier molecular flexibility index (Phi) is 3.22. The van der Waals surface area contributed by atoms with Gasteiger partial charge in [-0.2, -0.15) is 0 Å². The molecule has 0 radical (unpaired) electrons. The monoisotopic (exact) mass is 257 g/mol.